The molecule has 0 unspecified atom stereocenters. The largest absolute Gasteiger partial charge is 0.316 e. The molecule has 104 valence electrons. The maximum atomic E-state index is 4.44. The first-order valence-corrected chi connectivity index (χ1v) is 7.06. The second-order valence-corrected chi connectivity index (χ2v) is 5.26. The first-order valence-electron chi connectivity index (χ1n) is 7.06. The molecule has 1 heterocycles. The van der Waals surface area contributed by atoms with Gasteiger partial charge in [0.1, 0.15) is 0 Å². The van der Waals surface area contributed by atoms with Crippen molar-refractivity contribution in [3.8, 4) is 0 Å². The zero-order valence-corrected chi connectivity index (χ0v) is 12.3. The van der Waals surface area contributed by atoms with Crippen LogP contribution < -0.4 is 10.6 Å². The number of hydrogen-bond acceptors (Lipinski definition) is 3. The van der Waals surface area contributed by atoms with Gasteiger partial charge in [0.15, 0.2) is 0 Å². The lowest BCUT2D eigenvalue weighted by atomic mass is 10.2. The second-order valence-electron chi connectivity index (χ2n) is 5.26. The van der Waals surface area contributed by atoms with Gasteiger partial charge in [0.2, 0.25) is 0 Å². The van der Waals surface area contributed by atoms with Crippen LogP contribution in [-0.2, 0) is 20.0 Å². The summed E-state index contributed by atoms with van der Waals surface area (Å²) >= 11 is 0. The highest BCUT2D eigenvalue weighted by atomic mass is 15.3. The predicted molar refractivity (Wildman–Crippen MR) is 76.6 cm³/mol. The van der Waals surface area contributed by atoms with Crippen molar-refractivity contribution in [2.75, 3.05) is 19.6 Å². The Bertz CT molecular complexity index is 331. The van der Waals surface area contributed by atoms with Gasteiger partial charge < -0.3 is 10.6 Å². The third-order valence-corrected chi connectivity index (χ3v) is 2.90. The fraction of sp³-hybridized carbons (Fsp3) is 0.786. The Morgan fingerprint density at radius 1 is 1.28 bits per heavy atom. The molecule has 0 bridgehead atoms. The van der Waals surface area contributed by atoms with Crippen LogP contribution in [0.25, 0.3) is 0 Å². The highest BCUT2D eigenvalue weighted by Crippen LogP contribution is 2.06. The van der Waals surface area contributed by atoms with Crippen LogP contribution >= 0.6 is 0 Å². The van der Waals surface area contributed by atoms with E-state index in [2.05, 4.69) is 42.7 Å². The predicted octanol–water partition coefficient (Wildman–Crippen LogP) is 1.71. The van der Waals surface area contributed by atoms with Gasteiger partial charge in [0, 0.05) is 25.4 Å². The van der Waals surface area contributed by atoms with Crippen molar-refractivity contribution in [2.24, 2.45) is 13.0 Å². The van der Waals surface area contributed by atoms with Gasteiger partial charge in [-0.2, -0.15) is 5.10 Å². The third-order valence-electron chi connectivity index (χ3n) is 2.90. The van der Waals surface area contributed by atoms with Crippen LogP contribution in [0.5, 0.6) is 0 Å². The van der Waals surface area contributed by atoms with Crippen molar-refractivity contribution in [2.45, 2.75) is 40.2 Å². The minimum absolute atomic E-state index is 0.737. The van der Waals surface area contributed by atoms with Crippen LogP contribution in [-0.4, -0.2) is 29.4 Å². The van der Waals surface area contributed by atoms with Crippen LogP contribution in [0, 0.1) is 5.92 Å². The summed E-state index contributed by atoms with van der Waals surface area (Å²) in [4.78, 5) is 0. The maximum Gasteiger partial charge on any atom is 0.0666 e. The van der Waals surface area contributed by atoms with Crippen molar-refractivity contribution >= 4 is 0 Å². The van der Waals surface area contributed by atoms with Crippen LogP contribution in [0.2, 0.25) is 0 Å². The second kappa shape index (κ2) is 8.27. The number of aromatic nitrogens is 2. The van der Waals surface area contributed by atoms with E-state index < -0.39 is 0 Å². The summed E-state index contributed by atoms with van der Waals surface area (Å²) in [6.45, 7) is 10.8. The molecule has 4 nitrogen and oxygen atoms in total. The molecule has 1 aromatic rings. The van der Waals surface area contributed by atoms with Crippen molar-refractivity contribution in [1.29, 1.82) is 0 Å². The zero-order valence-electron chi connectivity index (χ0n) is 12.3. The van der Waals surface area contributed by atoms with Gasteiger partial charge in [-0.1, -0.05) is 20.8 Å². The average Bonchev–Trinajstić information content (AvgIpc) is 2.68. The number of hydrogen-bond donors (Lipinski definition) is 2. The Morgan fingerprint density at radius 2 is 2.00 bits per heavy atom. The van der Waals surface area contributed by atoms with E-state index in [-0.39, 0.29) is 0 Å². The highest BCUT2D eigenvalue weighted by molar-refractivity contribution is 5.16. The minimum Gasteiger partial charge on any atom is -0.316 e. The molecule has 0 aliphatic carbocycles. The van der Waals surface area contributed by atoms with E-state index in [4.69, 9.17) is 0 Å². The molecule has 4 heteroatoms. The Labute approximate surface area is 111 Å². The van der Waals surface area contributed by atoms with E-state index >= 15 is 0 Å². The van der Waals surface area contributed by atoms with Crippen molar-refractivity contribution in [1.82, 2.24) is 20.4 Å². The average molecular weight is 252 g/mol. The lowest BCUT2D eigenvalue weighted by Gasteiger charge is -2.08. The molecule has 0 aromatic carbocycles. The van der Waals surface area contributed by atoms with Gasteiger partial charge >= 0.3 is 0 Å². The minimum atomic E-state index is 0.737. The zero-order chi connectivity index (χ0) is 13.4. The molecule has 0 saturated carbocycles. The molecular formula is C14H28N4. The summed E-state index contributed by atoms with van der Waals surface area (Å²) in [6, 6.07) is 0. The summed E-state index contributed by atoms with van der Waals surface area (Å²) in [7, 11) is 1.98. The molecule has 0 amide bonds. The number of nitrogens with one attached hydrogen (secondary N) is 2. The molecule has 0 aliphatic rings. The molecule has 18 heavy (non-hydrogen) atoms. The van der Waals surface area contributed by atoms with Gasteiger partial charge in [-0.15, -0.1) is 0 Å². The summed E-state index contributed by atoms with van der Waals surface area (Å²) in [5.41, 5.74) is 2.54. The van der Waals surface area contributed by atoms with Gasteiger partial charge in [-0.3, -0.25) is 4.68 Å². The lowest BCUT2D eigenvalue weighted by Crippen LogP contribution is -2.24. The van der Waals surface area contributed by atoms with Crippen LogP contribution in [0.4, 0.5) is 0 Å². The summed E-state index contributed by atoms with van der Waals surface area (Å²) < 4.78 is 1.90. The van der Waals surface area contributed by atoms with Gasteiger partial charge in [0.25, 0.3) is 0 Å². The monoisotopic (exact) mass is 252 g/mol. The Kier molecular flexibility index (Phi) is 6.98. The molecule has 0 aliphatic heterocycles. The van der Waals surface area contributed by atoms with Crippen molar-refractivity contribution in [3.05, 3.63) is 17.5 Å². The topological polar surface area (TPSA) is 41.9 Å². The van der Waals surface area contributed by atoms with Gasteiger partial charge in [-0.05, 0) is 38.4 Å². The smallest absolute Gasteiger partial charge is 0.0666 e. The van der Waals surface area contributed by atoms with Gasteiger partial charge in [0.05, 0.1) is 5.69 Å². The number of nitrogens with zero attached hydrogens (tertiary/aromatic N) is 2. The Balaban J connectivity index is 2.10. The third kappa shape index (κ3) is 5.65. The van der Waals surface area contributed by atoms with E-state index in [1.165, 1.54) is 17.7 Å². The highest BCUT2D eigenvalue weighted by Gasteiger charge is 2.04. The Morgan fingerprint density at radius 3 is 2.67 bits per heavy atom. The molecule has 2 N–H and O–H groups in total. The fourth-order valence-electron chi connectivity index (χ4n) is 1.98. The molecule has 0 saturated heterocycles. The van der Waals surface area contributed by atoms with E-state index in [0.29, 0.717) is 0 Å². The number of aryl methyl sites for hydroxylation is 2. The Hall–Kier alpha value is -0.870. The van der Waals surface area contributed by atoms with E-state index in [9.17, 15) is 0 Å². The molecule has 1 rings (SSSR count). The van der Waals surface area contributed by atoms with E-state index in [1.54, 1.807) is 0 Å². The molecule has 1 aromatic heterocycles. The van der Waals surface area contributed by atoms with Crippen molar-refractivity contribution in [3.63, 3.8) is 0 Å². The standard InChI is InChI=1S/C14H28N4/c1-5-14-13(11-18(4)17-14)10-16-8-6-7-15-9-12(2)3/h11-12,15-16H,5-10H2,1-4H3. The molecule has 0 fully saturated rings. The summed E-state index contributed by atoms with van der Waals surface area (Å²) in [6.07, 6.45) is 4.30. The molecule has 0 spiro atoms. The van der Waals surface area contributed by atoms with Crippen LogP contribution in [0.3, 0.4) is 0 Å². The fourth-order valence-corrected chi connectivity index (χ4v) is 1.98. The van der Waals surface area contributed by atoms with E-state index in [1.807, 2.05) is 11.7 Å². The molecule has 0 atom stereocenters. The van der Waals surface area contributed by atoms with Crippen molar-refractivity contribution < 1.29 is 0 Å². The first-order chi connectivity index (χ1) is 8.63. The van der Waals surface area contributed by atoms with Crippen LogP contribution in [0.1, 0.15) is 38.4 Å². The summed E-state index contributed by atoms with van der Waals surface area (Å²) in [5.74, 6) is 0.737. The maximum absolute atomic E-state index is 4.44. The quantitative estimate of drug-likeness (QED) is 0.657. The van der Waals surface area contributed by atoms with Gasteiger partial charge in [-0.25, -0.2) is 0 Å². The lowest BCUT2D eigenvalue weighted by molar-refractivity contribution is 0.530. The number of rotatable bonds is 9. The van der Waals surface area contributed by atoms with Crippen LogP contribution in [0.15, 0.2) is 6.20 Å². The van der Waals surface area contributed by atoms with E-state index in [0.717, 1.165) is 38.5 Å². The normalized spacial score (nSPS) is 11.4. The molecular weight excluding hydrogens is 224 g/mol. The molecule has 0 radical (unpaired) electrons. The SMILES string of the molecule is CCc1nn(C)cc1CNCCCNCC(C)C. The first kappa shape index (κ1) is 15.2. The summed E-state index contributed by atoms with van der Waals surface area (Å²) in [5, 5.41) is 11.4.